The van der Waals surface area contributed by atoms with Gasteiger partial charge in [-0.05, 0) is 78.7 Å². The van der Waals surface area contributed by atoms with Crippen molar-refractivity contribution in [2.45, 2.75) is 90.8 Å². The van der Waals surface area contributed by atoms with Crippen molar-refractivity contribution in [3.05, 3.63) is 11.6 Å². The molecule has 0 aliphatic rings. The Morgan fingerprint density at radius 1 is 0.900 bits per heavy atom. The van der Waals surface area contributed by atoms with E-state index in [-0.39, 0.29) is 6.61 Å². The van der Waals surface area contributed by atoms with Crippen molar-refractivity contribution in [3.63, 3.8) is 0 Å². The van der Waals surface area contributed by atoms with Crippen LogP contribution in [0.2, 0.25) is 65.0 Å². The summed E-state index contributed by atoms with van der Waals surface area (Å²) in [5.74, 6) is -0.485. The van der Waals surface area contributed by atoms with Gasteiger partial charge in [0.05, 0.1) is 6.61 Å². The lowest BCUT2D eigenvalue weighted by Gasteiger charge is -2.42. The zero-order chi connectivity index (χ0) is 23.8. The smallest absolute Gasteiger partial charge is 0.459 e. The molecule has 0 heterocycles. The fourth-order valence-electron chi connectivity index (χ4n) is 2.67. The normalized spacial score (nSPS) is 15.3. The number of hydrogen-bond acceptors (Lipinski definition) is 7. The summed E-state index contributed by atoms with van der Waals surface area (Å²) in [6, 6.07) is 0.716. The molecule has 0 bridgehead atoms. The number of rotatable bonds is 14. The Morgan fingerprint density at radius 2 is 1.33 bits per heavy atom. The molecule has 178 valence electrons. The molecule has 0 aliphatic heterocycles. The largest absolute Gasteiger partial charge is 0.469 e. The van der Waals surface area contributed by atoms with Crippen LogP contribution >= 0.6 is 0 Å². The van der Waals surface area contributed by atoms with E-state index in [4.69, 9.17) is 22.2 Å². The molecule has 0 aliphatic carbocycles. The molecule has 0 spiro atoms. The summed E-state index contributed by atoms with van der Waals surface area (Å²) in [6.45, 7) is 20.5. The lowest BCUT2D eigenvalue weighted by Crippen LogP contribution is -2.60. The Labute approximate surface area is 187 Å². The second-order valence-electron chi connectivity index (χ2n) is 10.5. The average Bonchev–Trinajstić information content (AvgIpc) is 2.50. The summed E-state index contributed by atoms with van der Waals surface area (Å²) in [5.41, 5.74) is 0.482. The number of unbranched alkanes of at least 4 members (excludes halogenated alkanes) is 1. The first-order chi connectivity index (χ1) is 13.4. The highest BCUT2D eigenvalue weighted by Gasteiger charge is 2.49. The first kappa shape index (κ1) is 29.9. The van der Waals surface area contributed by atoms with Crippen LogP contribution in [-0.4, -0.2) is 69.3 Å². The van der Waals surface area contributed by atoms with Gasteiger partial charge in [-0.15, -0.1) is 0 Å². The molecule has 2 N–H and O–H groups in total. The van der Waals surface area contributed by atoms with E-state index in [0.717, 1.165) is 6.42 Å². The van der Waals surface area contributed by atoms with Gasteiger partial charge in [0.2, 0.25) is 0 Å². The highest BCUT2D eigenvalue weighted by molar-refractivity contribution is 6.90. The summed E-state index contributed by atoms with van der Waals surface area (Å²) in [6.07, 6.45) is 2.25. The monoisotopic (exact) mass is 496 g/mol. The second kappa shape index (κ2) is 12.2. The van der Waals surface area contributed by atoms with Crippen LogP contribution < -0.4 is 0 Å². The van der Waals surface area contributed by atoms with Crippen molar-refractivity contribution >= 4 is 39.7 Å². The fraction of sp³-hybridized carbons (Fsp3) is 0.842. The van der Waals surface area contributed by atoms with Crippen molar-refractivity contribution in [1.29, 1.82) is 0 Å². The van der Waals surface area contributed by atoms with Gasteiger partial charge >= 0.3 is 14.8 Å². The molecular formula is C19H44O7Si4. The molecule has 1 atom stereocenters. The third kappa shape index (κ3) is 14.8. The van der Waals surface area contributed by atoms with Crippen molar-refractivity contribution in [2.75, 3.05) is 13.2 Å². The molecule has 0 aromatic carbocycles. The highest BCUT2D eigenvalue weighted by atomic mass is 28.5. The zero-order valence-corrected chi connectivity index (χ0v) is 24.6. The Bertz CT molecular complexity index is 522. The van der Waals surface area contributed by atoms with E-state index in [2.05, 4.69) is 58.9 Å². The molecule has 0 saturated carbocycles. The Morgan fingerprint density at radius 3 is 1.70 bits per heavy atom. The SMILES string of the molecule is CC(=CCCC[Si](O[Si](C)(C)C)(O[Si](C)(C)C)O[Si](C)(C)C)C(=O)OCC(O)CO. The number of esters is 1. The predicted molar refractivity (Wildman–Crippen MR) is 131 cm³/mol. The predicted octanol–water partition coefficient (Wildman–Crippen LogP) is 4.10. The van der Waals surface area contributed by atoms with Gasteiger partial charge in [0.1, 0.15) is 12.7 Å². The topological polar surface area (TPSA) is 94.5 Å². The van der Waals surface area contributed by atoms with Crippen molar-refractivity contribution in [1.82, 2.24) is 0 Å². The first-order valence-electron chi connectivity index (χ1n) is 10.6. The molecule has 0 amide bonds. The van der Waals surface area contributed by atoms with Crippen molar-refractivity contribution in [2.24, 2.45) is 0 Å². The third-order valence-corrected chi connectivity index (χ3v) is 15.5. The summed E-state index contributed by atoms with van der Waals surface area (Å²) < 4.78 is 24.9. The molecule has 0 saturated heterocycles. The Hall–Kier alpha value is -0.122. The number of aliphatic hydroxyl groups excluding tert-OH is 2. The van der Waals surface area contributed by atoms with Crippen molar-refractivity contribution < 1.29 is 32.1 Å². The fourth-order valence-corrected chi connectivity index (χ4v) is 17.4. The number of ether oxygens (including phenoxy) is 1. The molecule has 11 heteroatoms. The molecular weight excluding hydrogens is 453 g/mol. The number of hydrogen-bond donors (Lipinski definition) is 2. The van der Waals surface area contributed by atoms with E-state index in [1.807, 2.05) is 6.08 Å². The minimum Gasteiger partial charge on any atom is -0.459 e. The van der Waals surface area contributed by atoms with Gasteiger partial charge < -0.3 is 27.3 Å². The van der Waals surface area contributed by atoms with E-state index < -0.39 is 52.4 Å². The molecule has 0 fully saturated rings. The van der Waals surface area contributed by atoms with Crippen LogP contribution in [0.3, 0.4) is 0 Å². The van der Waals surface area contributed by atoms with Gasteiger partial charge in [0.15, 0.2) is 25.0 Å². The maximum Gasteiger partial charge on any atom is 0.469 e. The Balaban J connectivity index is 5.25. The maximum atomic E-state index is 12.0. The molecule has 1 unspecified atom stereocenters. The van der Waals surface area contributed by atoms with E-state index >= 15 is 0 Å². The molecule has 0 aromatic heterocycles. The number of allylic oxidation sites excluding steroid dienone is 1. The van der Waals surface area contributed by atoms with Gasteiger partial charge in [-0.3, -0.25) is 0 Å². The van der Waals surface area contributed by atoms with Gasteiger partial charge in [-0.2, -0.15) is 0 Å². The molecule has 7 nitrogen and oxygen atoms in total. The van der Waals surface area contributed by atoms with Gasteiger partial charge in [-0.1, -0.05) is 6.08 Å². The average molecular weight is 497 g/mol. The summed E-state index contributed by atoms with van der Waals surface area (Å²) in [4.78, 5) is 12.0. The summed E-state index contributed by atoms with van der Waals surface area (Å²) in [5, 5.41) is 18.1. The number of carbonyl (C=O) groups excluding carboxylic acids is 1. The van der Waals surface area contributed by atoms with E-state index in [1.165, 1.54) is 0 Å². The van der Waals surface area contributed by atoms with Crippen LogP contribution in [0.4, 0.5) is 0 Å². The highest BCUT2D eigenvalue weighted by Crippen LogP contribution is 2.30. The summed E-state index contributed by atoms with van der Waals surface area (Å²) >= 11 is 0. The van der Waals surface area contributed by atoms with Crippen LogP contribution in [0.5, 0.6) is 0 Å². The van der Waals surface area contributed by atoms with Gasteiger partial charge in [0, 0.05) is 11.6 Å². The van der Waals surface area contributed by atoms with Gasteiger partial charge in [-0.25, -0.2) is 4.79 Å². The quantitative estimate of drug-likeness (QED) is 0.162. The third-order valence-electron chi connectivity index (χ3n) is 3.46. The number of aliphatic hydroxyl groups is 2. The molecule has 30 heavy (non-hydrogen) atoms. The van der Waals surface area contributed by atoms with Crippen LogP contribution in [0, 0.1) is 0 Å². The van der Waals surface area contributed by atoms with Crippen molar-refractivity contribution in [3.8, 4) is 0 Å². The lowest BCUT2D eigenvalue weighted by molar-refractivity contribution is -0.142. The minimum atomic E-state index is -2.86. The first-order valence-corrected chi connectivity index (χ1v) is 22.8. The zero-order valence-electron chi connectivity index (χ0n) is 20.6. The van der Waals surface area contributed by atoms with E-state index in [9.17, 15) is 9.90 Å². The molecule has 0 radical (unpaired) electrons. The Kier molecular flexibility index (Phi) is 12.2. The van der Waals surface area contributed by atoms with E-state index in [0.29, 0.717) is 18.0 Å². The number of carbonyl (C=O) groups is 1. The van der Waals surface area contributed by atoms with E-state index in [1.54, 1.807) is 6.92 Å². The second-order valence-corrected chi connectivity index (χ2v) is 27.5. The molecule has 0 aromatic rings. The standard InChI is InChI=1S/C19H44O7Si4/c1-17(19(22)23-16-18(21)15-20)13-11-12-14-30(24-27(2,3)4,25-28(5,6)7)26-29(8,9)10/h13,18,20-21H,11-12,14-16H2,1-10H3. The van der Waals surface area contributed by atoms with Crippen LogP contribution in [0.25, 0.3) is 0 Å². The van der Waals surface area contributed by atoms with Crippen LogP contribution in [0.15, 0.2) is 11.6 Å². The molecule has 0 rings (SSSR count). The minimum absolute atomic E-state index is 0.214. The lowest BCUT2D eigenvalue weighted by atomic mass is 10.2. The van der Waals surface area contributed by atoms with Crippen LogP contribution in [0.1, 0.15) is 19.8 Å². The van der Waals surface area contributed by atoms with Crippen LogP contribution in [-0.2, 0) is 21.9 Å². The summed E-state index contributed by atoms with van der Waals surface area (Å²) in [7, 11) is -8.54. The maximum absolute atomic E-state index is 12.0. The van der Waals surface area contributed by atoms with Gasteiger partial charge in [0.25, 0.3) is 0 Å².